The Kier molecular flexibility index (Phi) is 11.6. The minimum Gasteiger partial charge on any atom is -0.493 e. The van der Waals surface area contributed by atoms with Gasteiger partial charge in [-0.05, 0) is 56.0 Å². The number of ether oxygens (including phenoxy) is 3. The number of aliphatic hydroxyl groups is 1. The molecule has 0 aliphatic carbocycles. The van der Waals surface area contributed by atoms with E-state index >= 15 is 0 Å². The summed E-state index contributed by atoms with van der Waals surface area (Å²) in [6, 6.07) is 9.32. The van der Waals surface area contributed by atoms with Gasteiger partial charge in [-0.15, -0.1) is 0 Å². The first-order valence-corrected chi connectivity index (χ1v) is 12.2. The molecule has 0 heterocycles. The second kappa shape index (κ2) is 13.9. The van der Waals surface area contributed by atoms with E-state index in [0.29, 0.717) is 29.1 Å². The van der Waals surface area contributed by atoms with Crippen LogP contribution in [0.3, 0.4) is 0 Å². The van der Waals surface area contributed by atoms with Gasteiger partial charge in [-0.3, -0.25) is 4.90 Å². The third kappa shape index (κ3) is 9.51. The summed E-state index contributed by atoms with van der Waals surface area (Å²) >= 11 is 3.04. The average molecular weight is 563 g/mol. The molecule has 0 saturated heterocycles. The van der Waals surface area contributed by atoms with E-state index < -0.39 is 17.8 Å². The van der Waals surface area contributed by atoms with Crippen molar-refractivity contribution >= 4 is 15.9 Å². The normalized spacial score (nSPS) is 12.8. The predicted molar refractivity (Wildman–Crippen MR) is 133 cm³/mol. The van der Waals surface area contributed by atoms with Gasteiger partial charge in [0.05, 0.1) is 12.7 Å². The quantitative estimate of drug-likeness (QED) is 0.347. The maximum Gasteiger partial charge on any atom is 0.420 e. The van der Waals surface area contributed by atoms with E-state index in [1.165, 1.54) is 12.1 Å². The fraction of sp³-hybridized carbons (Fsp3) is 0.520. The summed E-state index contributed by atoms with van der Waals surface area (Å²) in [4.78, 5) is 4.13. The molecule has 2 rings (SSSR count). The molecule has 2 aromatic carbocycles. The van der Waals surface area contributed by atoms with Crippen LogP contribution in [0.1, 0.15) is 25.0 Å². The Hall–Kier alpha value is -2.01. The van der Waals surface area contributed by atoms with Crippen LogP contribution in [0.25, 0.3) is 0 Å². The average Bonchev–Trinajstić information content (AvgIpc) is 2.81. The van der Waals surface area contributed by atoms with E-state index in [1.807, 2.05) is 30.1 Å². The molecule has 1 atom stereocenters. The second-order valence-corrected chi connectivity index (χ2v) is 9.08. The highest BCUT2D eigenvalue weighted by Gasteiger charge is 2.34. The molecule has 0 spiro atoms. The molecule has 196 valence electrons. The van der Waals surface area contributed by atoms with Crippen LogP contribution >= 0.6 is 15.9 Å². The zero-order valence-corrected chi connectivity index (χ0v) is 22.2. The van der Waals surface area contributed by atoms with Crippen molar-refractivity contribution in [1.29, 1.82) is 0 Å². The van der Waals surface area contributed by atoms with Gasteiger partial charge >= 0.3 is 6.18 Å². The van der Waals surface area contributed by atoms with Crippen LogP contribution in [-0.2, 0) is 12.7 Å². The number of likely N-dealkylation sites (N-methyl/N-ethyl adjacent to an activating group) is 2. The van der Waals surface area contributed by atoms with Crippen LogP contribution < -0.4 is 14.2 Å². The van der Waals surface area contributed by atoms with Gasteiger partial charge in [-0.1, -0.05) is 35.8 Å². The number of alkyl halides is 3. The van der Waals surface area contributed by atoms with Crippen molar-refractivity contribution in [3.8, 4) is 17.2 Å². The summed E-state index contributed by atoms with van der Waals surface area (Å²) in [5.74, 6) is 0.965. The number of rotatable bonds is 14. The number of halogens is 4. The summed E-state index contributed by atoms with van der Waals surface area (Å²) in [5, 5.41) is 10.3. The molecule has 1 N–H and O–H groups in total. The molecule has 6 nitrogen and oxygen atoms in total. The van der Waals surface area contributed by atoms with E-state index in [-0.39, 0.29) is 18.9 Å². The number of benzene rings is 2. The van der Waals surface area contributed by atoms with Gasteiger partial charge in [0.25, 0.3) is 0 Å². The van der Waals surface area contributed by atoms with Gasteiger partial charge in [0.1, 0.15) is 25.1 Å². The van der Waals surface area contributed by atoms with Crippen LogP contribution in [0.5, 0.6) is 17.2 Å². The third-order valence-corrected chi connectivity index (χ3v) is 5.93. The van der Waals surface area contributed by atoms with Crippen LogP contribution in [0.15, 0.2) is 40.9 Å². The van der Waals surface area contributed by atoms with Crippen LogP contribution in [0.2, 0.25) is 0 Å². The maximum atomic E-state index is 13.2. The molecule has 1 unspecified atom stereocenters. The van der Waals surface area contributed by atoms with Gasteiger partial charge < -0.3 is 24.2 Å². The van der Waals surface area contributed by atoms with Crippen molar-refractivity contribution in [3.05, 3.63) is 52.0 Å². The van der Waals surface area contributed by atoms with Gasteiger partial charge in [0.2, 0.25) is 0 Å². The summed E-state index contributed by atoms with van der Waals surface area (Å²) in [5.41, 5.74) is 0.0553. The van der Waals surface area contributed by atoms with Crippen LogP contribution in [0, 0.1) is 0 Å². The molecule has 0 fully saturated rings. The number of nitrogens with zero attached hydrogens (tertiary/aromatic N) is 2. The zero-order valence-electron chi connectivity index (χ0n) is 20.6. The van der Waals surface area contributed by atoms with E-state index in [4.69, 9.17) is 14.2 Å². The Morgan fingerprint density at radius 2 is 1.69 bits per heavy atom. The topological polar surface area (TPSA) is 54.4 Å². The van der Waals surface area contributed by atoms with E-state index in [9.17, 15) is 18.3 Å². The van der Waals surface area contributed by atoms with E-state index in [2.05, 4.69) is 34.7 Å². The second-order valence-electron chi connectivity index (χ2n) is 8.16. The predicted octanol–water partition coefficient (Wildman–Crippen LogP) is 5.07. The van der Waals surface area contributed by atoms with Crippen molar-refractivity contribution in [3.63, 3.8) is 0 Å². The molecule has 0 aliphatic rings. The van der Waals surface area contributed by atoms with Crippen LogP contribution in [0.4, 0.5) is 13.2 Å². The zero-order chi connectivity index (χ0) is 26.0. The first-order valence-electron chi connectivity index (χ1n) is 11.5. The number of hydrogen-bond acceptors (Lipinski definition) is 6. The Bertz CT molecular complexity index is 926. The Labute approximate surface area is 213 Å². The highest BCUT2D eigenvalue weighted by molar-refractivity contribution is 9.10. The van der Waals surface area contributed by atoms with Crippen molar-refractivity contribution in [2.45, 2.75) is 32.7 Å². The van der Waals surface area contributed by atoms with Gasteiger partial charge in [0, 0.05) is 24.1 Å². The lowest BCUT2D eigenvalue weighted by Crippen LogP contribution is -2.33. The molecule has 0 saturated carbocycles. The molecule has 0 bridgehead atoms. The maximum absolute atomic E-state index is 13.2. The molecule has 35 heavy (non-hydrogen) atoms. The summed E-state index contributed by atoms with van der Waals surface area (Å²) in [6.45, 7) is 7.97. The molecular formula is C25H34BrF3N2O4. The van der Waals surface area contributed by atoms with Crippen molar-refractivity contribution in [2.24, 2.45) is 0 Å². The molecule has 0 aliphatic heterocycles. The summed E-state index contributed by atoms with van der Waals surface area (Å²) < 4.78 is 56.7. The highest BCUT2D eigenvalue weighted by atomic mass is 79.9. The van der Waals surface area contributed by atoms with Crippen LogP contribution in [-0.4, -0.2) is 74.6 Å². The summed E-state index contributed by atoms with van der Waals surface area (Å²) in [6.07, 6.45) is -5.53. The van der Waals surface area contributed by atoms with Crippen molar-refractivity contribution in [2.75, 3.05) is 53.6 Å². The standard InChI is InChI=1S/C25H34BrF3N2O4/c1-5-31(6-2)11-12-34-23-9-7-18(13-24(23)33-4)15-30(3)16-20(32)17-35-22-10-8-19(26)14-21(22)25(27,28)29/h7-10,13-14,20,32H,5-6,11-12,15-17H2,1-4H3. The molecule has 2 aromatic rings. The molecule has 0 aromatic heterocycles. The fourth-order valence-electron chi connectivity index (χ4n) is 3.58. The third-order valence-electron chi connectivity index (χ3n) is 5.44. The van der Waals surface area contributed by atoms with E-state index in [1.54, 1.807) is 7.11 Å². The molecular weight excluding hydrogens is 529 g/mol. The highest BCUT2D eigenvalue weighted by Crippen LogP contribution is 2.38. The minimum atomic E-state index is -4.55. The fourth-order valence-corrected chi connectivity index (χ4v) is 3.94. The van der Waals surface area contributed by atoms with Gasteiger partial charge in [-0.2, -0.15) is 13.2 Å². The lowest BCUT2D eigenvalue weighted by Gasteiger charge is -2.22. The monoisotopic (exact) mass is 562 g/mol. The largest absolute Gasteiger partial charge is 0.493 e. The first kappa shape index (κ1) is 29.2. The molecule has 0 amide bonds. The molecule has 10 heteroatoms. The number of methoxy groups -OCH3 is 1. The number of aliphatic hydroxyl groups excluding tert-OH is 1. The Morgan fingerprint density at radius 3 is 2.31 bits per heavy atom. The lowest BCUT2D eigenvalue weighted by molar-refractivity contribution is -0.139. The Morgan fingerprint density at radius 1 is 1.00 bits per heavy atom. The van der Waals surface area contributed by atoms with Crippen molar-refractivity contribution < 1.29 is 32.5 Å². The first-order chi connectivity index (χ1) is 16.6. The lowest BCUT2D eigenvalue weighted by atomic mass is 10.2. The Balaban J connectivity index is 1.90. The number of hydrogen-bond donors (Lipinski definition) is 1. The minimum absolute atomic E-state index is 0.211. The summed E-state index contributed by atoms with van der Waals surface area (Å²) in [7, 11) is 3.39. The smallest absolute Gasteiger partial charge is 0.420 e. The molecule has 0 radical (unpaired) electrons. The SMILES string of the molecule is CCN(CC)CCOc1ccc(CN(C)CC(O)COc2ccc(Br)cc2C(F)(F)F)cc1OC. The van der Waals surface area contributed by atoms with E-state index in [0.717, 1.165) is 31.3 Å². The van der Waals surface area contributed by atoms with Crippen molar-refractivity contribution in [1.82, 2.24) is 9.80 Å². The van der Waals surface area contributed by atoms with Gasteiger partial charge in [-0.25, -0.2) is 0 Å². The van der Waals surface area contributed by atoms with Gasteiger partial charge in [0.15, 0.2) is 11.5 Å².